The first kappa shape index (κ1) is 24.3. The van der Waals surface area contributed by atoms with Gasteiger partial charge < -0.3 is 34.3 Å². The number of phenols is 2. The van der Waals surface area contributed by atoms with Crippen LogP contribution >= 0.6 is 0 Å². The van der Waals surface area contributed by atoms with Gasteiger partial charge in [-0.05, 0) is 71.1 Å². The van der Waals surface area contributed by atoms with Crippen LogP contribution in [0.15, 0.2) is 65.7 Å². The van der Waals surface area contributed by atoms with Crippen LogP contribution in [-0.2, 0) is 25.7 Å². The zero-order valence-corrected chi connectivity index (χ0v) is 22.5. The van der Waals surface area contributed by atoms with E-state index in [0.717, 1.165) is 45.5 Å². The highest BCUT2D eigenvalue weighted by molar-refractivity contribution is 6.04. The second-order valence-electron chi connectivity index (χ2n) is 11.5. The number of fused-ring (bicyclic) bond motifs is 2. The number of hydrogen-bond acceptors (Lipinski definition) is 7. The molecule has 5 aliphatic rings. The monoisotopic (exact) mass is 548 g/mol. The summed E-state index contributed by atoms with van der Waals surface area (Å²) < 4.78 is 18.5. The van der Waals surface area contributed by atoms with Gasteiger partial charge in [-0.15, -0.1) is 0 Å². The highest BCUT2D eigenvalue weighted by Crippen LogP contribution is 2.56. The summed E-state index contributed by atoms with van der Waals surface area (Å²) in [5.41, 5.74) is 6.56. The van der Waals surface area contributed by atoms with Crippen LogP contribution in [0.2, 0.25) is 0 Å². The SMILES string of the molecule is C[N+]1([O-])CCc2cc(O)c3c4c2C1Cc1ccc(cc1)Oc1cc(ccc1O)CC1=NCCc2cc(c(cc21)O4)O3. The van der Waals surface area contributed by atoms with Crippen LogP contribution in [-0.4, -0.2) is 40.7 Å². The van der Waals surface area contributed by atoms with Crippen molar-refractivity contribution < 1.29 is 29.1 Å². The Morgan fingerprint density at radius 3 is 2.44 bits per heavy atom. The van der Waals surface area contributed by atoms with E-state index in [1.807, 2.05) is 48.5 Å². The Balaban J connectivity index is 1.34. The van der Waals surface area contributed by atoms with Crippen LogP contribution < -0.4 is 14.2 Å². The zero-order valence-electron chi connectivity index (χ0n) is 22.5. The molecule has 7 bridgehead atoms. The Labute approximate surface area is 236 Å². The average molecular weight is 549 g/mol. The zero-order chi connectivity index (χ0) is 27.9. The molecular weight excluding hydrogens is 520 g/mol. The molecule has 206 valence electrons. The highest BCUT2D eigenvalue weighted by atomic mass is 16.6. The minimum atomic E-state index is -0.473. The van der Waals surface area contributed by atoms with Gasteiger partial charge in [0, 0.05) is 37.1 Å². The molecule has 8 heteroatoms. The summed E-state index contributed by atoms with van der Waals surface area (Å²) in [6.07, 6.45) is 2.29. The summed E-state index contributed by atoms with van der Waals surface area (Å²) in [4.78, 5) is 4.85. The van der Waals surface area contributed by atoms with Crippen molar-refractivity contribution in [2.75, 3.05) is 20.1 Å². The Morgan fingerprint density at radius 1 is 0.805 bits per heavy atom. The lowest BCUT2D eigenvalue weighted by Gasteiger charge is -2.49. The van der Waals surface area contributed by atoms with Crippen molar-refractivity contribution in [3.63, 3.8) is 0 Å². The molecule has 0 radical (unpaired) electrons. The number of benzene rings is 4. The maximum Gasteiger partial charge on any atom is 0.212 e. The second kappa shape index (κ2) is 8.73. The molecular formula is C33H28N2O6. The highest BCUT2D eigenvalue weighted by Gasteiger charge is 2.40. The Kier molecular flexibility index (Phi) is 5.17. The van der Waals surface area contributed by atoms with Gasteiger partial charge in [-0.2, -0.15) is 0 Å². The fraction of sp³-hybridized carbons (Fsp3) is 0.242. The van der Waals surface area contributed by atoms with Crippen molar-refractivity contribution in [3.8, 4) is 46.0 Å². The van der Waals surface area contributed by atoms with Gasteiger partial charge in [0.1, 0.15) is 11.8 Å². The van der Waals surface area contributed by atoms with Crippen molar-refractivity contribution in [1.82, 2.24) is 0 Å². The number of rotatable bonds is 0. The van der Waals surface area contributed by atoms with Gasteiger partial charge in [-0.1, -0.05) is 18.2 Å². The third-order valence-electron chi connectivity index (χ3n) is 8.72. The minimum Gasteiger partial charge on any atom is -0.633 e. The molecule has 0 aliphatic carbocycles. The van der Waals surface area contributed by atoms with Gasteiger partial charge in [0.2, 0.25) is 5.75 Å². The number of aromatic hydroxyl groups is 2. The van der Waals surface area contributed by atoms with Gasteiger partial charge in [0.15, 0.2) is 34.5 Å². The molecule has 9 rings (SSSR count). The van der Waals surface area contributed by atoms with Crippen molar-refractivity contribution in [2.24, 2.45) is 4.99 Å². The molecule has 5 heterocycles. The number of quaternary nitrogens is 1. The molecule has 0 aromatic heterocycles. The number of aliphatic imine (C=N–C) groups is 1. The second-order valence-corrected chi connectivity index (χ2v) is 11.5. The molecule has 41 heavy (non-hydrogen) atoms. The van der Waals surface area contributed by atoms with E-state index in [-0.39, 0.29) is 17.2 Å². The number of likely N-dealkylation sites (N-methyl/N-ethyl adjacent to an activating group) is 1. The largest absolute Gasteiger partial charge is 0.633 e. The Bertz CT molecular complexity index is 1780. The van der Waals surface area contributed by atoms with Crippen LogP contribution in [0.1, 0.15) is 39.4 Å². The van der Waals surface area contributed by atoms with Gasteiger partial charge in [0.05, 0.1) is 19.2 Å². The van der Waals surface area contributed by atoms with Crippen LogP contribution in [0.25, 0.3) is 0 Å². The van der Waals surface area contributed by atoms with Gasteiger partial charge >= 0.3 is 0 Å². The molecule has 2 atom stereocenters. The molecule has 2 unspecified atom stereocenters. The lowest BCUT2D eigenvalue weighted by atomic mass is 9.86. The van der Waals surface area contributed by atoms with E-state index in [2.05, 4.69) is 0 Å². The van der Waals surface area contributed by atoms with Gasteiger partial charge in [-0.25, -0.2) is 0 Å². The fourth-order valence-corrected chi connectivity index (χ4v) is 6.52. The molecule has 5 aliphatic heterocycles. The number of nitrogens with zero attached hydrogens (tertiary/aromatic N) is 2. The van der Waals surface area contributed by atoms with Crippen molar-refractivity contribution in [2.45, 2.75) is 31.7 Å². The molecule has 0 saturated carbocycles. The van der Waals surface area contributed by atoms with E-state index in [1.54, 1.807) is 19.2 Å². The summed E-state index contributed by atoms with van der Waals surface area (Å²) in [6, 6.07) is 18.1. The number of ether oxygens (including phenoxy) is 3. The molecule has 0 spiro atoms. The van der Waals surface area contributed by atoms with Crippen molar-refractivity contribution >= 4 is 5.71 Å². The summed E-state index contributed by atoms with van der Waals surface area (Å²) in [7, 11) is 1.70. The minimum absolute atomic E-state index is 0.0110. The van der Waals surface area contributed by atoms with Crippen LogP contribution in [0.3, 0.4) is 0 Å². The van der Waals surface area contributed by atoms with Gasteiger partial charge in [0.25, 0.3) is 0 Å². The normalized spacial score (nSPS) is 21.6. The predicted octanol–water partition coefficient (Wildman–Crippen LogP) is 6.47. The van der Waals surface area contributed by atoms with E-state index < -0.39 is 10.7 Å². The first-order valence-electron chi connectivity index (χ1n) is 13.9. The van der Waals surface area contributed by atoms with E-state index in [4.69, 9.17) is 19.2 Å². The maximum absolute atomic E-state index is 13.9. The van der Waals surface area contributed by atoms with Crippen LogP contribution in [0.5, 0.6) is 46.0 Å². The van der Waals surface area contributed by atoms with Gasteiger partial charge in [-0.3, -0.25) is 4.99 Å². The van der Waals surface area contributed by atoms with E-state index >= 15 is 0 Å². The molecule has 0 saturated heterocycles. The van der Waals surface area contributed by atoms with Crippen LogP contribution in [0.4, 0.5) is 0 Å². The third-order valence-corrected chi connectivity index (χ3v) is 8.72. The lowest BCUT2D eigenvalue weighted by molar-refractivity contribution is -0.894. The Morgan fingerprint density at radius 2 is 1.59 bits per heavy atom. The molecule has 0 amide bonds. The molecule has 2 N–H and O–H groups in total. The van der Waals surface area contributed by atoms with Crippen LogP contribution in [0, 0.1) is 5.21 Å². The smallest absolute Gasteiger partial charge is 0.212 e. The first-order chi connectivity index (χ1) is 19.8. The summed E-state index contributed by atoms with van der Waals surface area (Å²) in [5.74, 6) is 2.76. The molecule has 0 fully saturated rings. The standard InChI is InChI=1S/C33H28N2O6/c1-35(38)11-9-21-15-27(37)32-33-31(21)25(35)13-18-2-5-22(6-3-18)39-28-14-19(4-7-26(28)36)12-24-23-17-30(41-33)29(40-32)16-20(23)8-10-34-24/h2-7,14-17,25,36-37H,8-13H2,1H3. The third kappa shape index (κ3) is 3.94. The quantitative estimate of drug-likeness (QED) is 0.170. The predicted molar refractivity (Wildman–Crippen MR) is 153 cm³/mol. The fourth-order valence-electron chi connectivity index (χ4n) is 6.52. The Hall–Kier alpha value is -4.53. The first-order valence-corrected chi connectivity index (χ1v) is 13.9. The lowest BCUT2D eigenvalue weighted by Crippen LogP contribution is -2.47. The molecule has 4 aromatic carbocycles. The van der Waals surface area contributed by atoms with E-state index in [0.29, 0.717) is 61.1 Å². The number of hydroxylamine groups is 3. The summed E-state index contributed by atoms with van der Waals surface area (Å²) in [5, 5.41) is 35.5. The van der Waals surface area contributed by atoms with E-state index in [9.17, 15) is 15.4 Å². The maximum atomic E-state index is 13.9. The topological polar surface area (TPSA) is 104 Å². The summed E-state index contributed by atoms with van der Waals surface area (Å²) in [6.45, 7) is 1.03. The molecule has 4 aromatic rings. The molecule has 8 nitrogen and oxygen atoms in total. The average Bonchev–Trinajstić information content (AvgIpc) is 2.95. The number of hydrogen-bond donors (Lipinski definition) is 2. The number of phenolic OH excluding ortho intramolecular Hbond substituents is 2. The summed E-state index contributed by atoms with van der Waals surface area (Å²) >= 11 is 0. The van der Waals surface area contributed by atoms with Crippen molar-refractivity contribution in [1.29, 1.82) is 0 Å². The van der Waals surface area contributed by atoms with Crippen molar-refractivity contribution in [3.05, 3.63) is 99.3 Å². The van der Waals surface area contributed by atoms with E-state index in [1.165, 1.54) is 0 Å².